The third kappa shape index (κ3) is 6.13. The molecule has 1 saturated carbocycles. The van der Waals surface area contributed by atoms with E-state index in [0.29, 0.717) is 23.7 Å². The van der Waals surface area contributed by atoms with E-state index in [2.05, 4.69) is 76.7 Å². The fourth-order valence-corrected chi connectivity index (χ4v) is 8.51. The lowest BCUT2D eigenvalue weighted by atomic mass is 9.83. The first-order valence-corrected chi connectivity index (χ1v) is 15.7. The summed E-state index contributed by atoms with van der Waals surface area (Å²) in [4.78, 5) is 23.7. The maximum atomic E-state index is 12.5. The summed E-state index contributed by atoms with van der Waals surface area (Å²) < 4.78 is 0. The van der Waals surface area contributed by atoms with Crippen LogP contribution < -0.4 is 0 Å². The lowest BCUT2D eigenvalue weighted by Gasteiger charge is -2.35. The minimum absolute atomic E-state index is 0.294. The number of rotatable bonds is 8. The summed E-state index contributed by atoms with van der Waals surface area (Å²) in [5.74, 6) is 1.12. The number of aromatic nitrogens is 1. The van der Waals surface area contributed by atoms with E-state index in [1.807, 2.05) is 11.3 Å². The Morgan fingerprint density at radius 2 is 1.62 bits per heavy atom. The van der Waals surface area contributed by atoms with Gasteiger partial charge in [-0.3, -0.25) is 9.69 Å². The molecule has 6 rings (SSSR count). The van der Waals surface area contributed by atoms with Gasteiger partial charge in [-0.25, -0.2) is 4.98 Å². The van der Waals surface area contributed by atoms with Crippen LogP contribution in [0.1, 0.15) is 67.2 Å². The molecule has 0 radical (unpaired) electrons. The third-order valence-electron chi connectivity index (χ3n) is 9.47. The summed E-state index contributed by atoms with van der Waals surface area (Å²) in [6.45, 7) is 5.01. The fraction of sp³-hybridized carbons (Fsp3) is 0.515. The van der Waals surface area contributed by atoms with Gasteiger partial charge in [-0.2, -0.15) is 0 Å². The van der Waals surface area contributed by atoms with Crippen molar-refractivity contribution in [2.24, 2.45) is 11.8 Å². The number of likely N-dealkylation sites (tertiary alicyclic amines) is 2. The molecule has 206 valence electrons. The maximum absolute atomic E-state index is 12.5. The zero-order valence-electron chi connectivity index (χ0n) is 22.8. The molecule has 39 heavy (non-hydrogen) atoms. The number of benzene rings is 2. The Labute approximate surface area is 236 Å². The van der Waals surface area contributed by atoms with Gasteiger partial charge < -0.3 is 10.0 Å². The van der Waals surface area contributed by atoms with Crippen molar-refractivity contribution in [3.63, 3.8) is 0 Å². The standard InChI is InChI=1S/C33H41N3O2S/c37-33(38)31(26-12-6-2-7-13-26)36-22-28(29(23-36)24-10-4-1-5-11-24)21-35-18-16-25(17-19-35)30-20-34-32(39-30)27-14-8-3-9-15-27/h1,3-5,8-11,14-15,20,25-26,28-29,31H,2,6-7,12-13,16-19,21-23H2,(H,37,38). The van der Waals surface area contributed by atoms with Gasteiger partial charge in [0, 0.05) is 42.2 Å². The minimum atomic E-state index is -0.616. The highest BCUT2D eigenvalue weighted by Crippen LogP contribution is 2.40. The molecule has 3 fully saturated rings. The Morgan fingerprint density at radius 3 is 2.31 bits per heavy atom. The zero-order chi connectivity index (χ0) is 26.6. The molecule has 3 aromatic rings. The number of hydrogen-bond acceptors (Lipinski definition) is 5. The number of carboxylic acid groups (broad SMARTS) is 1. The average Bonchev–Trinajstić information content (AvgIpc) is 3.63. The molecular formula is C33H41N3O2S. The van der Waals surface area contributed by atoms with Crippen LogP contribution in [0.25, 0.3) is 10.6 Å². The Bertz CT molecular complexity index is 1200. The number of carbonyl (C=O) groups is 1. The van der Waals surface area contributed by atoms with Crippen LogP contribution in [0.2, 0.25) is 0 Å². The average molecular weight is 544 g/mol. The van der Waals surface area contributed by atoms with Crippen molar-refractivity contribution >= 4 is 17.3 Å². The molecule has 6 heteroatoms. The largest absolute Gasteiger partial charge is 0.480 e. The monoisotopic (exact) mass is 543 g/mol. The molecular weight excluding hydrogens is 502 g/mol. The van der Waals surface area contributed by atoms with Crippen molar-refractivity contribution in [1.82, 2.24) is 14.8 Å². The second-order valence-electron chi connectivity index (χ2n) is 11.9. The van der Waals surface area contributed by atoms with Crippen molar-refractivity contribution in [2.75, 3.05) is 32.7 Å². The summed E-state index contributed by atoms with van der Waals surface area (Å²) in [5.41, 5.74) is 2.57. The van der Waals surface area contributed by atoms with Gasteiger partial charge in [0.15, 0.2) is 0 Å². The molecule has 1 aromatic heterocycles. The van der Waals surface area contributed by atoms with Gasteiger partial charge in [0.1, 0.15) is 11.0 Å². The quantitative estimate of drug-likeness (QED) is 0.341. The van der Waals surface area contributed by atoms with E-state index in [1.54, 1.807) is 0 Å². The molecule has 5 nitrogen and oxygen atoms in total. The molecule has 3 atom stereocenters. The molecule has 3 unspecified atom stereocenters. The summed E-state index contributed by atoms with van der Waals surface area (Å²) in [6, 6.07) is 21.0. The summed E-state index contributed by atoms with van der Waals surface area (Å²) in [6.07, 6.45) is 10.2. The SMILES string of the molecule is O=C(O)C(C1CCCCC1)N1CC(CN2CCC(c3cnc(-c4ccccc4)s3)CC2)C(c2ccccc2)C1. The van der Waals surface area contributed by atoms with Gasteiger partial charge in [0.2, 0.25) is 0 Å². The molecule has 1 N–H and O–H groups in total. The highest BCUT2D eigenvalue weighted by atomic mass is 32.1. The third-order valence-corrected chi connectivity index (χ3v) is 10.7. The molecule has 3 aliphatic rings. The molecule has 0 spiro atoms. The first-order valence-electron chi connectivity index (χ1n) is 14.9. The maximum Gasteiger partial charge on any atom is 0.321 e. The normalized spacial score (nSPS) is 24.6. The van der Waals surface area contributed by atoms with Crippen molar-refractivity contribution in [1.29, 1.82) is 0 Å². The number of thiazole rings is 1. The first kappa shape index (κ1) is 26.7. The predicted octanol–water partition coefficient (Wildman–Crippen LogP) is 6.74. The first-order chi connectivity index (χ1) is 19.2. The molecule has 2 aliphatic heterocycles. The molecule has 0 amide bonds. The van der Waals surface area contributed by atoms with Gasteiger partial charge in [-0.1, -0.05) is 79.9 Å². The number of nitrogens with zero attached hydrogens (tertiary/aromatic N) is 3. The molecule has 0 bridgehead atoms. The van der Waals surface area contributed by atoms with Crippen molar-refractivity contribution in [3.8, 4) is 10.6 Å². The molecule has 2 aromatic carbocycles. The Kier molecular flexibility index (Phi) is 8.43. The van der Waals surface area contributed by atoms with Gasteiger partial charge in [-0.15, -0.1) is 11.3 Å². The molecule has 3 heterocycles. The predicted molar refractivity (Wildman–Crippen MR) is 158 cm³/mol. The summed E-state index contributed by atoms with van der Waals surface area (Å²) in [7, 11) is 0. The van der Waals surface area contributed by atoms with Crippen LogP contribution in [0, 0.1) is 11.8 Å². The van der Waals surface area contributed by atoms with Crippen molar-refractivity contribution in [2.45, 2.75) is 62.8 Å². The van der Waals surface area contributed by atoms with Crippen LogP contribution in [0.5, 0.6) is 0 Å². The Balaban J connectivity index is 1.12. The van der Waals surface area contributed by atoms with E-state index in [9.17, 15) is 9.90 Å². The van der Waals surface area contributed by atoms with Crippen LogP contribution in [-0.2, 0) is 4.79 Å². The molecule has 2 saturated heterocycles. The number of hydrogen-bond donors (Lipinski definition) is 1. The van der Waals surface area contributed by atoms with Gasteiger partial charge in [0.25, 0.3) is 0 Å². The van der Waals surface area contributed by atoms with Crippen LogP contribution in [0.4, 0.5) is 0 Å². The second-order valence-corrected chi connectivity index (χ2v) is 13.0. The number of aliphatic carboxylic acids is 1. The highest BCUT2D eigenvalue weighted by Gasteiger charge is 2.43. The lowest BCUT2D eigenvalue weighted by molar-refractivity contribution is -0.145. The van der Waals surface area contributed by atoms with E-state index >= 15 is 0 Å². The van der Waals surface area contributed by atoms with Crippen LogP contribution in [-0.4, -0.2) is 64.6 Å². The van der Waals surface area contributed by atoms with Crippen LogP contribution in [0.15, 0.2) is 66.9 Å². The van der Waals surface area contributed by atoms with Crippen LogP contribution >= 0.6 is 11.3 Å². The summed E-state index contributed by atoms with van der Waals surface area (Å²) in [5, 5.41) is 11.4. The van der Waals surface area contributed by atoms with E-state index in [-0.39, 0.29) is 6.04 Å². The van der Waals surface area contributed by atoms with Gasteiger partial charge in [-0.05, 0) is 62.1 Å². The van der Waals surface area contributed by atoms with E-state index in [0.717, 1.165) is 50.6 Å². The highest BCUT2D eigenvalue weighted by molar-refractivity contribution is 7.15. The van der Waals surface area contributed by atoms with E-state index in [1.165, 1.54) is 48.1 Å². The fourth-order valence-electron chi connectivity index (χ4n) is 7.42. The van der Waals surface area contributed by atoms with Gasteiger partial charge in [0.05, 0.1) is 0 Å². The second kappa shape index (κ2) is 12.3. The number of carboxylic acids is 1. The van der Waals surface area contributed by atoms with E-state index in [4.69, 9.17) is 4.98 Å². The van der Waals surface area contributed by atoms with Crippen molar-refractivity contribution in [3.05, 3.63) is 77.3 Å². The molecule has 1 aliphatic carbocycles. The zero-order valence-corrected chi connectivity index (χ0v) is 23.6. The Morgan fingerprint density at radius 1 is 0.923 bits per heavy atom. The van der Waals surface area contributed by atoms with Gasteiger partial charge >= 0.3 is 5.97 Å². The van der Waals surface area contributed by atoms with E-state index < -0.39 is 5.97 Å². The Hall–Kier alpha value is -2.54. The summed E-state index contributed by atoms with van der Waals surface area (Å²) >= 11 is 1.85. The topological polar surface area (TPSA) is 56.7 Å². The van der Waals surface area contributed by atoms with Crippen LogP contribution in [0.3, 0.4) is 0 Å². The lowest BCUT2D eigenvalue weighted by Crippen LogP contribution is -2.46. The number of piperidine rings is 1. The minimum Gasteiger partial charge on any atom is -0.480 e. The van der Waals surface area contributed by atoms with Crippen molar-refractivity contribution < 1.29 is 9.90 Å². The smallest absolute Gasteiger partial charge is 0.321 e.